The second-order valence-electron chi connectivity index (χ2n) is 3.22. The monoisotopic (exact) mass is 184 g/mol. The molecule has 1 aliphatic carbocycles. The number of esters is 1. The number of Topliss-reactive ketones (excluding diaryl/α,β-unsaturated/α-hetero) is 2. The van der Waals surface area contributed by atoms with Gasteiger partial charge in [0.1, 0.15) is 11.7 Å². The van der Waals surface area contributed by atoms with Gasteiger partial charge in [0.15, 0.2) is 5.78 Å². The van der Waals surface area contributed by atoms with E-state index in [0.717, 1.165) is 0 Å². The van der Waals surface area contributed by atoms with Gasteiger partial charge >= 0.3 is 5.97 Å². The minimum absolute atomic E-state index is 0.156. The van der Waals surface area contributed by atoms with Gasteiger partial charge in [0.2, 0.25) is 0 Å². The van der Waals surface area contributed by atoms with E-state index in [1.807, 2.05) is 0 Å². The summed E-state index contributed by atoms with van der Waals surface area (Å²) in [5.74, 6) is -2.24. The summed E-state index contributed by atoms with van der Waals surface area (Å²) in [6, 6.07) is 0. The van der Waals surface area contributed by atoms with E-state index in [0.29, 0.717) is 12.8 Å². The smallest absolute Gasteiger partial charge is 0.316 e. The van der Waals surface area contributed by atoms with Crippen molar-refractivity contribution in [3.63, 3.8) is 0 Å². The molecular weight excluding hydrogens is 172 g/mol. The Balaban J connectivity index is 2.71. The molecule has 4 nitrogen and oxygen atoms in total. The van der Waals surface area contributed by atoms with E-state index in [2.05, 4.69) is 4.74 Å². The van der Waals surface area contributed by atoms with Gasteiger partial charge in [-0.1, -0.05) is 0 Å². The molecule has 2 atom stereocenters. The highest BCUT2D eigenvalue weighted by atomic mass is 16.5. The highest BCUT2D eigenvalue weighted by molar-refractivity contribution is 6.11. The number of ketones is 2. The summed E-state index contributed by atoms with van der Waals surface area (Å²) in [5.41, 5.74) is 0. The zero-order valence-corrected chi connectivity index (χ0v) is 7.70. The number of methoxy groups -OCH3 is 1. The Bertz CT molecular complexity index is 256. The quantitative estimate of drug-likeness (QED) is 0.458. The normalized spacial score (nSPS) is 27.4. The molecule has 0 N–H and O–H groups in total. The van der Waals surface area contributed by atoms with Crippen molar-refractivity contribution in [1.29, 1.82) is 0 Å². The Morgan fingerprint density at radius 1 is 1.31 bits per heavy atom. The van der Waals surface area contributed by atoms with Gasteiger partial charge in [0.25, 0.3) is 0 Å². The molecule has 2 unspecified atom stereocenters. The van der Waals surface area contributed by atoms with Crippen molar-refractivity contribution in [1.82, 2.24) is 0 Å². The van der Waals surface area contributed by atoms with Crippen molar-refractivity contribution in [3.05, 3.63) is 0 Å². The molecule has 1 saturated carbocycles. The second kappa shape index (κ2) is 3.68. The van der Waals surface area contributed by atoms with Crippen LogP contribution in [0.1, 0.15) is 19.8 Å². The molecule has 72 valence electrons. The lowest BCUT2D eigenvalue weighted by Gasteiger charge is -2.05. The highest BCUT2D eigenvalue weighted by Crippen LogP contribution is 2.28. The van der Waals surface area contributed by atoms with Crippen LogP contribution >= 0.6 is 0 Å². The Morgan fingerprint density at radius 3 is 2.23 bits per heavy atom. The van der Waals surface area contributed by atoms with Crippen molar-refractivity contribution < 1.29 is 19.1 Å². The minimum Gasteiger partial charge on any atom is -0.468 e. The lowest BCUT2D eigenvalue weighted by molar-refractivity contribution is -0.148. The van der Waals surface area contributed by atoms with Gasteiger partial charge in [-0.2, -0.15) is 0 Å². The predicted octanol–water partition coefficient (Wildman–Crippen LogP) is 0.344. The molecule has 0 saturated heterocycles. The standard InChI is InChI=1S/C9H12O4/c1-5(10)6-3-4-7(8(6)11)9(12)13-2/h6-7H,3-4H2,1-2H3. The van der Waals surface area contributed by atoms with Gasteiger partial charge in [-0.15, -0.1) is 0 Å². The van der Waals surface area contributed by atoms with E-state index in [-0.39, 0.29) is 11.6 Å². The van der Waals surface area contributed by atoms with Crippen molar-refractivity contribution in [2.24, 2.45) is 11.8 Å². The van der Waals surface area contributed by atoms with Crippen LogP contribution in [-0.4, -0.2) is 24.6 Å². The van der Waals surface area contributed by atoms with E-state index in [9.17, 15) is 14.4 Å². The lowest BCUT2D eigenvalue weighted by Crippen LogP contribution is -2.26. The Kier molecular flexibility index (Phi) is 2.80. The number of rotatable bonds is 2. The first-order chi connectivity index (χ1) is 6.07. The highest BCUT2D eigenvalue weighted by Gasteiger charge is 2.41. The van der Waals surface area contributed by atoms with Crippen molar-refractivity contribution >= 4 is 17.5 Å². The minimum atomic E-state index is -0.709. The third-order valence-electron chi connectivity index (χ3n) is 2.41. The van der Waals surface area contributed by atoms with Crippen LogP contribution in [0.25, 0.3) is 0 Å². The van der Waals surface area contributed by atoms with Crippen LogP contribution in [0.2, 0.25) is 0 Å². The van der Waals surface area contributed by atoms with Gasteiger partial charge in [0.05, 0.1) is 13.0 Å². The Morgan fingerprint density at radius 2 is 1.85 bits per heavy atom. The fourth-order valence-electron chi connectivity index (χ4n) is 1.64. The first-order valence-electron chi connectivity index (χ1n) is 4.20. The molecule has 0 aliphatic heterocycles. The van der Waals surface area contributed by atoms with Gasteiger partial charge in [-0.05, 0) is 19.8 Å². The van der Waals surface area contributed by atoms with Crippen molar-refractivity contribution in [3.8, 4) is 0 Å². The third-order valence-corrected chi connectivity index (χ3v) is 2.41. The molecule has 0 spiro atoms. The third kappa shape index (κ3) is 1.76. The fraction of sp³-hybridized carbons (Fsp3) is 0.667. The molecule has 0 amide bonds. The predicted molar refractivity (Wildman–Crippen MR) is 43.9 cm³/mol. The molecule has 0 heterocycles. The summed E-state index contributed by atoms with van der Waals surface area (Å²) in [5, 5.41) is 0. The molecule has 0 bridgehead atoms. The van der Waals surface area contributed by atoms with Crippen LogP contribution in [-0.2, 0) is 19.1 Å². The molecule has 0 radical (unpaired) electrons. The Labute approximate surface area is 76.3 Å². The van der Waals surface area contributed by atoms with Crippen LogP contribution < -0.4 is 0 Å². The summed E-state index contributed by atoms with van der Waals surface area (Å²) in [6.45, 7) is 1.38. The number of carbonyl (C=O) groups is 3. The zero-order chi connectivity index (χ0) is 10.0. The van der Waals surface area contributed by atoms with E-state index in [4.69, 9.17) is 0 Å². The number of hydrogen-bond acceptors (Lipinski definition) is 4. The molecule has 4 heteroatoms. The van der Waals surface area contributed by atoms with Gasteiger partial charge in [-0.3, -0.25) is 14.4 Å². The number of ether oxygens (including phenoxy) is 1. The average Bonchev–Trinajstić information content (AvgIpc) is 2.46. The molecule has 1 fully saturated rings. The van der Waals surface area contributed by atoms with Crippen LogP contribution in [0, 0.1) is 11.8 Å². The van der Waals surface area contributed by atoms with Gasteiger partial charge < -0.3 is 4.74 Å². The van der Waals surface area contributed by atoms with E-state index >= 15 is 0 Å². The first kappa shape index (κ1) is 9.89. The van der Waals surface area contributed by atoms with E-state index < -0.39 is 17.8 Å². The second-order valence-corrected chi connectivity index (χ2v) is 3.22. The van der Waals surface area contributed by atoms with Gasteiger partial charge in [0, 0.05) is 0 Å². The average molecular weight is 184 g/mol. The maximum Gasteiger partial charge on any atom is 0.316 e. The zero-order valence-electron chi connectivity index (χ0n) is 7.70. The van der Waals surface area contributed by atoms with Crippen molar-refractivity contribution in [2.75, 3.05) is 7.11 Å². The molecular formula is C9H12O4. The SMILES string of the molecule is COC(=O)C1CCC(C(C)=O)C1=O. The molecule has 0 aromatic rings. The molecule has 13 heavy (non-hydrogen) atoms. The van der Waals surface area contributed by atoms with Gasteiger partial charge in [-0.25, -0.2) is 0 Å². The summed E-state index contributed by atoms with van der Waals surface area (Å²) >= 11 is 0. The van der Waals surface area contributed by atoms with E-state index in [1.165, 1.54) is 14.0 Å². The lowest BCUT2D eigenvalue weighted by atomic mass is 10.00. The maximum absolute atomic E-state index is 11.4. The Hall–Kier alpha value is -1.19. The topological polar surface area (TPSA) is 60.4 Å². The molecule has 0 aromatic heterocycles. The summed E-state index contributed by atoms with van der Waals surface area (Å²) in [4.78, 5) is 33.4. The number of hydrogen-bond donors (Lipinski definition) is 0. The van der Waals surface area contributed by atoms with Crippen LogP contribution in [0.5, 0.6) is 0 Å². The van der Waals surface area contributed by atoms with Crippen LogP contribution in [0.3, 0.4) is 0 Å². The molecule has 0 aromatic carbocycles. The van der Waals surface area contributed by atoms with Crippen LogP contribution in [0.4, 0.5) is 0 Å². The van der Waals surface area contributed by atoms with Crippen LogP contribution in [0.15, 0.2) is 0 Å². The summed E-state index contributed by atoms with van der Waals surface area (Å²) < 4.78 is 4.46. The van der Waals surface area contributed by atoms with Crippen molar-refractivity contribution in [2.45, 2.75) is 19.8 Å². The van der Waals surface area contributed by atoms with E-state index in [1.54, 1.807) is 0 Å². The molecule has 1 aliphatic rings. The fourth-order valence-corrected chi connectivity index (χ4v) is 1.64. The first-order valence-corrected chi connectivity index (χ1v) is 4.20. The largest absolute Gasteiger partial charge is 0.468 e. The maximum atomic E-state index is 11.4. The summed E-state index contributed by atoms with van der Waals surface area (Å²) in [6.07, 6.45) is 0.920. The summed E-state index contributed by atoms with van der Waals surface area (Å²) in [7, 11) is 1.25. The molecule has 1 rings (SSSR count). The number of carbonyl (C=O) groups excluding carboxylic acids is 3.